The molecule has 1 unspecified atom stereocenters. The van der Waals surface area contributed by atoms with Crippen LogP contribution in [-0.4, -0.2) is 27.7 Å². The minimum atomic E-state index is -1.18. The number of hydrogen-bond acceptors (Lipinski definition) is 3. The molecule has 5 heteroatoms. The van der Waals surface area contributed by atoms with Gasteiger partial charge in [-0.3, -0.25) is 0 Å². The molecule has 1 atom stereocenters. The van der Waals surface area contributed by atoms with Crippen LogP contribution in [0.15, 0.2) is 43.0 Å². The van der Waals surface area contributed by atoms with Gasteiger partial charge >= 0.3 is 5.97 Å². The number of nitrogens with zero attached hydrogens (tertiary/aromatic N) is 2. The van der Waals surface area contributed by atoms with Crippen LogP contribution in [0.2, 0.25) is 0 Å². The second-order valence-electron chi connectivity index (χ2n) is 4.08. The molecule has 0 bridgehead atoms. The first-order valence-corrected chi connectivity index (χ1v) is 5.45. The minimum Gasteiger partial charge on any atom is -0.497 e. The molecule has 2 aromatic rings. The lowest BCUT2D eigenvalue weighted by Gasteiger charge is -2.27. The van der Waals surface area contributed by atoms with Gasteiger partial charge in [0.25, 0.3) is 0 Å². The summed E-state index contributed by atoms with van der Waals surface area (Å²) in [5.41, 5.74) is -0.517. The van der Waals surface area contributed by atoms with E-state index in [-0.39, 0.29) is 0 Å². The predicted molar refractivity (Wildman–Crippen MR) is 65.6 cm³/mol. The van der Waals surface area contributed by atoms with Crippen LogP contribution in [0.25, 0.3) is 0 Å². The molecule has 1 aromatic carbocycles. The van der Waals surface area contributed by atoms with Gasteiger partial charge in [0.2, 0.25) is 0 Å². The van der Waals surface area contributed by atoms with Crippen molar-refractivity contribution >= 4 is 5.97 Å². The van der Waals surface area contributed by atoms with Gasteiger partial charge in [-0.25, -0.2) is 9.78 Å². The molecular formula is C13H14N2O3. The third-order valence-corrected chi connectivity index (χ3v) is 3.09. The maximum atomic E-state index is 11.6. The summed E-state index contributed by atoms with van der Waals surface area (Å²) >= 11 is 0. The Bertz CT molecular complexity index is 534. The molecule has 0 aliphatic rings. The first-order valence-electron chi connectivity index (χ1n) is 5.45. The van der Waals surface area contributed by atoms with Crippen molar-refractivity contribution in [2.45, 2.75) is 12.5 Å². The van der Waals surface area contributed by atoms with E-state index in [0.717, 1.165) is 0 Å². The number of imidazole rings is 1. The first kappa shape index (κ1) is 12.2. The van der Waals surface area contributed by atoms with Crippen molar-refractivity contribution in [3.05, 3.63) is 48.5 Å². The van der Waals surface area contributed by atoms with Crippen LogP contribution in [0, 0.1) is 0 Å². The Labute approximate surface area is 105 Å². The highest BCUT2D eigenvalue weighted by atomic mass is 16.5. The van der Waals surface area contributed by atoms with Gasteiger partial charge in [-0.1, -0.05) is 12.1 Å². The number of rotatable bonds is 4. The topological polar surface area (TPSA) is 64.3 Å². The Kier molecular flexibility index (Phi) is 3.06. The smallest absolute Gasteiger partial charge is 0.334 e. The van der Waals surface area contributed by atoms with Crippen molar-refractivity contribution in [1.29, 1.82) is 0 Å². The molecule has 0 saturated heterocycles. The van der Waals surface area contributed by atoms with Gasteiger partial charge < -0.3 is 14.4 Å². The average Bonchev–Trinajstić information content (AvgIpc) is 2.92. The summed E-state index contributed by atoms with van der Waals surface area (Å²) in [6.45, 7) is 1.64. The normalized spacial score (nSPS) is 13.9. The number of carboxylic acids is 1. The highest BCUT2D eigenvalue weighted by Gasteiger charge is 2.36. The summed E-state index contributed by atoms with van der Waals surface area (Å²) in [5.74, 6) is -0.247. The van der Waals surface area contributed by atoms with Crippen LogP contribution >= 0.6 is 0 Å². The van der Waals surface area contributed by atoms with E-state index in [2.05, 4.69) is 4.98 Å². The number of methoxy groups -OCH3 is 1. The van der Waals surface area contributed by atoms with Crippen molar-refractivity contribution in [2.75, 3.05) is 7.11 Å². The minimum absolute atomic E-state index is 0.661. The zero-order valence-electron chi connectivity index (χ0n) is 10.2. The van der Waals surface area contributed by atoms with E-state index in [9.17, 15) is 9.90 Å². The summed E-state index contributed by atoms with van der Waals surface area (Å²) < 4.78 is 6.63. The second kappa shape index (κ2) is 4.52. The van der Waals surface area contributed by atoms with Gasteiger partial charge in [-0.15, -0.1) is 0 Å². The van der Waals surface area contributed by atoms with Crippen LogP contribution in [0.3, 0.4) is 0 Å². The number of aliphatic carboxylic acids is 1. The summed E-state index contributed by atoms with van der Waals surface area (Å²) in [6, 6.07) is 6.97. The number of hydrogen-bond donors (Lipinski definition) is 1. The number of benzene rings is 1. The molecule has 0 saturated carbocycles. The lowest BCUT2D eigenvalue weighted by Crippen LogP contribution is -2.39. The lowest BCUT2D eigenvalue weighted by atomic mass is 9.92. The predicted octanol–water partition coefficient (Wildman–Crippen LogP) is 1.74. The van der Waals surface area contributed by atoms with Crippen molar-refractivity contribution in [2.24, 2.45) is 0 Å². The molecule has 2 rings (SSSR count). The van der Waals surface area contributed by atoms with Crippen LogP contribution in [-0.2, 0) is 10.3 Å². The van der Waals surface area contributed by atoms with Crippen LogP contribution in [0.4, 0.5) is 0 Å². The van der Waals surface area contributed by atoms with Crippen LogP contribution in [0.1, 0.15) is 12.5 Å². The van der Waals surface area contributed by atoms with Crippen LogP contribution < -0.4 is 4.74 Å². The zero-order valence-corrected chi connectivity index (χ0v) is 10.2. The van der Waals surface area contributed by atoms with Gasteiger partial charge in [0, 0.05) is 12.4 Å². The fraction of sp³-hybridized carbons (Fsp3) is 0.231. The standard InChI is InChI=1S/C13H14N2O3/c1-13(12(16)17,15-8-7-14-9-15)10-3-5-11(18-2)6-4-10/h3-9H,1-2H3,(H,16,17). The van der Waals surface area contributed by atoms with E-state index in [1.54, 1.807) is 55.3 Å². The molecule has 5 nitrogen and oxygen atoms in total. The summed E-state index contributed by atoms with van der Waals surface area (Å²) in [6.07, 6.45) is 4.70. The van der Waals surface area contributed by atoms with E-state index >= 15 is 0 Å². The van der Waals surface area contributed by atoms with E-state index in [4.69, 9.17) is 4.74 Å². The van der Waals surface area contributed by atoms with E-state index in [1.807, 2.05) is 0 Å². The maximum Gasteiger partial charge on any atom is 0.334 e. The van der Waals surface area contributed by atoms with Crippen molar-refractivity contribution in [1.82, 2.24) is 9.55 Å². The fourth-order valence-electron chi connectivity index (χ4n) is 1.82. The highest BCUT2D eigenvalue weighted by Crippen LogP contribution is 2.27. The molecule has 0 fully saturated rings. The van der Waals surface area contributed by atoms with Gasteiger partial charge in [-0.2, -0.15) is 0 Å². The molecule has 0 aliphatic heterocycles. The van der Waals surface area contributed by atoms with Gasteiger partial charge in [0.05, 0.1) is 13.4 Å². The Morgan fingerprint density at radius 3 is 2.50 bits per heavy atom. The molecular weight excluding hydrogens is 232 g/mol. The SMILES string of the molecule is COc1ccc(C(C)(C(=O)O)n2ccnc2)cc1. The maximum absolute atomic E-state index is 11.6. The number of aromatic nitrogens is 2. The Morgan fingerprint density at radius 1 is 1.39 bits per heavy atom. The zero-order chi connectivity index (χ0) is 13.2. The molecule has 0 radical (unpaired) electrons. The van der Waals surface area contributed by atoms with Crippen molar-refractivity contribution < 1.29 is 14.6 Å². The Hall–Kier alpha value is -2.30. The largest absolute Gasteiger partial charge is 0.497 e. The Morgan fingerprint density at radius 2 is 2.06 bits per heavy atom. The third-order valence-electron chi connectivity index (χ3n) is 3.09. The van der Waals surface area contributed by atoms with E-state index < -0.39 is 11.5 Å². The number of carbonyl (C=O) groups is 1. The van der Waals surface area contributed by atoms with Gasteiger partial charge in [0.1, 0.15) is 5.75 Å². The van der Waals surface area contributed by atoms with Crippen molar-refractivity contribution in [3.63, 3.8) is 0 Å². The Balaban J connectivity index is 2.50. The number of carboxylic acid groups (broad SMARTS) is 1. The van der Waals surface area contributed by atoms with Crippen LogP contribution in [0.5, 0.6) is 5.75 Å². The third kappa shape index (κ3) is 1.84. The molecule has 1 aromatic heterocycles. The van der Waals surface area contributed by atoms with E-state index in [1.165, 1.54) is 6.33 Å². The van der Waals surface area contributed by atoms with Gasteiger partial charge in [0.15, 0.2) is 5.54 Å². The molecule has 18 heavy (non-hydrogen) atoms. The molecule has 1 N–H and O–H groups in total. The first-order chi connectivity index (χ1) is 8.59. The summed E-state index contributed by atoms with van der Waals surface area (Å²) in [7, 11) is 1.57. The highest BCUT2D eigenvalue weighted by molar-refractivity contribution is 5.80. The molecule has 0 aliphatic carbocycles. The number of ether oxygens (including phenoxy) is 1. The molecule has 0 spiro atoms. The van der Waals surface area contributed by atoms with Crippen molar-refractivity contribution in [3.8, 4) is 5.75 Å². The van der Waals surface area contributed by atoms with E-state index in [0.29, 0.717) is 11.3 Å². The second-order valence-corrected chi connectivity index (χ2v) is 4.08. The average molecular weight is 246 g/mol. The molecule has 0 amide bonds. The van der Waals surface area contributed by atoms with Gasteiger partial charge in [-0.05, 0) is 24.6 Å². The molecule has 94 valence electrons. The quantitative estimate of drug-likeness (QED) is 0.892. The monoisotopic (exact) mass is 246 g/mol. The lowest BCUT2D eigenvalue weighted by molar-refractivity contribution is -0.144. The molecule has 1 heterocycles. The summed E-state index contributed by atoms with van der Waals surface area (Å²) in [4.78, 5) is 15.5. The fourth-order valence-corrected chi connectivity index (χ4v) is 1.82. The summed E-state index contributed by atoms with van der Waals surface area (Å²) in [5, 5.41) is 9.50.